The molecule has 0 amide bonds. The highest BCUT2D eigenvalue weighted by Gasteiger charge is 2.07. The maximum absolute atomic E-state index is 12.7. The molecule has 0 N–H and O–H groups in total. The Bertz CT molecular complexity index is 513. The number of benzene rings is 1. The van der Waals surface area contributed by atoms with Crippen molar-refractivity contribution in [1.29, 1.82) is 0 Å². The van der Waals surface area contributed by atoms with Crippen molar-refractivity contribution in [2.45, 2.75) is 19.8 Å². The Morgan fingerprint density at radius 3 is 2.53 bits per heavy atom. The van der Waals surface area contributed by atoms with Crippen LogP contribution in [0.5, 0.6) is 0 Å². The second-order valence-corrected chi connectivity index (χ2v) is 5.10. The van der Waals surface area contributed by atoms with Gasteiger partial charge in [-0.05, 0) is 41.6 Å². The molecule has 0 saturated heterocycles. The number of thiophene rings is 1. The molecule has 1 aromatic heterocycles. The summed E-state index contributed by atoms with van der Waals surface area (Å²) < 4.78 is 12.7. The predicted molar refractivity (Wildman–Crippen MR) is 67.9 cm³/mol. The highest BCUT2D eigenvalue weighted by molar-refractivity contribution is 7.10. The van der Waals surface area contributed by atoms with E-state index in [0.717, 1.165) is 10.4 Å². The van der Waals surface area contributed by atoms with Gasteiger partial charge >= 0.3 is 0 Å². The van der Waals surface area contributed by atoms with Crippen LogP contribution < -0.4 is 0 Å². The molecular formula is C14H13FOS. The van der Waals surface area contributed by atoms with E-state index in [1.807, 2.05) is 18.4 Å². The predicted octanol–water partition coefficient (Wildman–Crippen LogP) is 3.55. The summed E-state index contributed by atoms with van der Waals surface area (Å²) in [6.45, 7) is 2.02. The number of halogens is 1. The molecule has 0 radical (unpaired) electrons. The molecule has 0 saturated carbocycles. The fourth-order valence-corrected chi connectivity index (χ4v) is 2.57. The zero-order valence-corrected chi connectivity index (χ0v) is 10.4. The van der Waals surface area contributed by atoms with Crippen LogP contribution in [0.25, 0.3) is 0 Å². The van der Waals surface area contributed by atoms with E-state index in [-0.39, 0.29) is 11.6 Å². The Morgan fingerprint density at radius 1 is 1.24 bits per heavy atom. The van der Waals surface area contributed by atoms with Gasteiger partial charge in [0.2, 0.25) is 0 Å². The smallest absolute Gasteiger partial charge is 0.142 e. The highest BCUT2D eigenvalue weighted by atomic mass is 32.1. The molecule has 17 heavy (non-hydrogen) atoms. The van der Waals surface area contributed by atoms with Crippen LogP contribution in [0.4, 0.5) is 4.39 Å². The average molecular weight is 248 g/mol. The molecule has 0 aliphatic carbocycles. The summed E-state index contributed by atoms with van der Waals surface area (Å²) >= 11 is 1.61. The highest BCUT2D eigenvalue weighted by Crippen LogP contribution is 2.15. The van der Waals surface area contributed by atoms with E-state index in [4.69, 9.17) is 0 Å². The van der Waals surface area contributed by atoms with E-state index in [9.17, 15) is 9.18 Å². The maximum Gasteiger partial charge on any atom is 0.142 e. The van der Waals surface area contributed by atoms with Crippen molar-refractivity contribution in [1.82, 2.24) is 0 Å². The number of aryl methyl sites for hydroxylation is 1. The third-order valence-corrected chi connectivity index (χ3v) is 3.53. The van der Waals surface area contributed by atoms with E-state index in [0.29, 0.717) is 12.8 Å². The zero-order chi connectivity index (χ0) is 12.3. The van der Waals surface area contributed by atoms with Crippen LogP contribution in [0.2, 0.25) is 0 Å². The van der Waals surface area contributed by atoms with Gasteiger partial charge in [0.05, 0.1) is 0 Å². The van der Waals surface area contributed by atoms with E-state index in [1.165, 1.54) is 17.7 Å². The maximum atomic E-state index is 12.7. The van der Waals surface area contributed by atoms with Crippen molar-refractivity contribution in [3.05, 3.63) is 57.5 Å². The Kier molecular flexibility index (Phi) is 3.69. The minimum atomic E-state index is -0.268. The molecule has 0 spiro atoms. The Labute approximate surface area is 104 Å². The third kappa shape index (κ3) is 3.49. The second-order valence-electron chi connectivity index (χ2n) is 4.11. The molecule has 0 fully saturated rings. The molecule has 3 heteroatoms. The van der Waals surface area contributed by atoms with Gasteiger partial charge in [-0.25, -0.2) is 4.39 Å². The summed E-state index contributed by atoms with van der Waals surface area (Å²) in [6, 6.07) is 8.13. The van der Waals surface area contributed by atoms with Crippen LogP contribution in [-0.4, -0.2) is 5.78 Å². The van der Waals surface area contributed by atoms with Crippen LogP contribution in [0, 0.1) is 12.7 Å². The standard InChI is InChI=1S/C14H13FOS/c1-10-6-14(17-9-10)8-13(16)7-11-2-4-12(15)5-3-11/h2-6,9H,7-8H2,1H3. The molecule has 0 aliphatic rings. The number of Topliss-reactive ketones (excluding diaryl/α,β-unsaturated/α-hetero) is 1. The molecule has 1 heterocycles. The van der Waals surface area contributed by atoms with Crippen molar-refractivity contribution < 1.29 is 9.18 Å². The van der Waals surface area contributed by atoms with Gasteiger partial charge < -0.3 is 0 Å². The lowest BCUT2D eigenvalue weighted by molar-refractivity contribution is -0.117. The number of carbonyl (C=O) groups is 1. The first-order valence-electron chi connectivity index (χ1n) is 5.43. The normalized spacial score (nSPS) is 10.5. The zero-order valence-electron chi connectivity index (χ0n) is 9.57. The molecule has 2 rings (SSSR count). The number of hydrogen-bond donors (Lipinski definition) is 0. The lowest BCUT2D eigenvalue weighted by atomic mass is 10.1. The molecule has 2 aromatic rings. The number of hydrogen-bond acceptors (Lipinski definition) is 2. The molecule has 0 bridgehead atoms. The van der Waals surface area contributed by atoms with Crippen LogP contribution in [-0.2, 0) is 17.6 Å². The number of ketones is 1. The number of rotatable bonds is 4. The van der Waals surface area contributed by atoms with Gasteiger partial charge in [0.1, 0.15) is 11.6 Å². The average Bonchev–Trinajstić information content (AvgIpc) is 2.67. The number of carbonyl (C=O) groups excluding carboxylic acids is 1. The summed E-state index contributed by atoms with van der Waals surface area (Å²) in [7, 11) is 0. The lowest BCUT2D eigenvalue weighted by Crippen LogP contribution is -2.05. The summed E-state index contributed by atoms with van der Waals surface area (Å²) in [4.78, 5) is 12.9. The molecule has 0 unspecified atom stereocenters. The van der Waals surface area contributed by atoms with Crippen molar-refractivity contribution in [3.63, 3.8) is 0 Å². The van der Waals surface area contributed by atoms with Gasteiger partial charge in [-0.2, -0.15) is 0 Å². The Morgan fingerprint density at radius 2 is 1.94 bits per heavy atom. The van der Waals surface area contributed by atoms with Crippen LogP contribution >= 0.6 is 11.3 Å². The summed E-state index contributed by atoms with van der Waals surface area (Å²) in [5.41, 5.74) is 2.06. The van der Waals surface area contributed by atoms with Crippen LogP contribution in [0.15, 0.2) is 35.7 Å². The molecule has 1 aromatic carbocycles. The minimum Gasteiger partial charge on any atom is -0.299 e. The first kappa shape index (κ1) is 12.0. The molecule has 1 nitrogen and oxygen atoms in total. The monoisotopic (exact) mass is 248 g/mol. The van der Waals surface area contributed by atoms with Gasteiger partial charge in [0.25, 0.3) is 0 Å². The Balaban J connectivity index is 1.95. The first-order valence-corrected chi connectivity index (χ1v) is 6.31. The fourth-order valence-electron chi connectivity index (χ4n) is 1.67. The van der Waals surface area contributed by atoms with Crippen LogP contribution in [0.1, 0.15) is 16.0 Å². The van der Waals surface area contributed by atoms with Gasteiger partial charge in [0, 0.05) is 17.7 Å². The van der Waals surface area contributed by atoms with Crippen molar-refractivity contribution in [2.24, 2.45) is 0 Å². The fraction of sp³-hybridized carbons (Fsp3) is 0.214. The SMILES string of the molecule is Cc1csc(CC(=O)Cc2ccc(F)cc2)c1. The van der Waals surface area contributed by atoms with Gasteiger partial charge in [0.15, 0.2) is 0 Å². The van der Waals surface area contributed by atoms with Crippen molar-refractivity contribution >= 4 is 17.1 Å². The lowest BCUT2D eigenvalue weighted by Gasteiger charge is -2.00. The molecular weight excluding hydrogens is 235 g/mol. The summed E-state index contributed by atoms with van der Waals surface area (Å²) in [5.74, 6) is -0.103. The topological polar surface area (TPSA) is 17.1 Å². The second kappa shape index (κ2) is 5.23. The molecule has 0 atom stereocenters. The van der Waals surface area contributed by atoms with Crippen molar-refractivity contribution in [2.75, 3.05) is 0 Å². The van der Waals surface area contributed by atoms with Crippen molar-refractivity contribution in [3.8, 4) is 0 Å². The van der Waals surface area contributed by atoms with Gasteiger partial charge in [-0.15, -0.1) is 11.3 Å². The minimum absolute atomic E-state index is 0.165. The first-order chi connectivity index (χ1) is 8.13. The van der Waals surface area contributed by atoms with E-state index >= 15 is 0 Å². The quantitative estimate of drug-likeness (QED) is 0.808. The largest absolute Gasteiger partial charge is 0.299 e. The third-order valence-electron chi connectivity index (χ3n) is 2.47. The van der Waals surface area contributed by atoms with E-state index in [1.54, 1.807) is 23.5 Å². The summed E-state index contributed by atoms with van der Waals surface area (Å²) in [6.07, 6.45) is 0.840. The van der Waals surface area contributed by atoms with Gasteiger partial charge in [-0.1, -0.05) is 12.1 Å². The van der Waals surface area contributed by atoms with E-state index in [2.05, 4.69) is 0 Å². The summed E-state index contributed by atoms with van der Waals surface area (Å²) in [5, 5.41) is 2.04. The molecule has 88 valence electrons. The van der Waals surface area contributed by atoms with E-state index < -0.39 is 0 Å². The van der Waals surface area contributed by atoms with Crippen LogP contribution in [0.3, 0.4) is 0 Å². The Hall–Kier alpha value is -1.48. The molecule has 0 aliphatic heterocycles. The van der Waals surface area contributed by atoms with Gasteiger partial charge in [-0.3, -0.25) is 4.79 Å².